The lowest BCUT2D eigenvalue weighted by molar-refractivity contribution is -0.188. The number of amides is 2. The minimum Gasteiger partial charge on any atom is -0.487 e. The van der Waals surface area contributed by atoms with E-state index in [1.54, 1.807) is 4.90 Å². The molecule has 0 saturated carbocycles. The van der Waals surface area contributed by atoms with Crippen LogP contribution >= 0.6 is 0 Å². The molecule has 1 N–H and O–H groups in total. The summed E-state index contributed by atoms with van der Waals surface area (Å²) in [6.45, 7) is 4.11. The summed E-state index contributed by atoms with van der Waals surface area (Å²) < 4.78 is 12.0. The fourth-order valence-corrected chi connectivity index (χ4v) is 5.55. The molecule has 182 valence electrons. The molecule has 2 amide bonds. The van der Waals surface area contributed by atoms with Gasteiger partial charge in [-0.2, -0.15) is 0 Å². The van der Waals surface area contributed by atoms with Crippen LogP contribution in [0.5, 0.6) is 5.75 Å². The van der Waals surface area contributed by atoms with E-state index in [4.69, 9.17) is 14.3 Å². The molecular formula is C28H31N3O4. The van der Waals surface area contributed by atoms with E-state index in [1.165, 1.54) is 22.1 Å². The topological polar surface area (TPSA) is 72.9 Å². The smallest absolute Gasteiger partial charge is 0.341 e. The van der Waals surface area contributed by atoms with Crippen LogP contribution in [-0.2, 0) is 16.0 Å². The maximum absolute atomic E-state index is 12.6. The molecule has 1 unspecified atom stereocenters. The summed E-state index contributed by atoms with van der Waals surface area (Å²) in [5.41, 5.74) is 8.13. The Morgan fingerprint density at radius 1 is 1.17 bits per heavy atom. The standard InChI is InChI=1S/C28H31N3O4/c1-19-22-6-2-3-7-24(22)29-18-23(19)20-9-10-25-21(16-20)17-28(34-25)11-13-31(14-12-28)27(32)30-35-26-8-4-5-15-33-26/h2-3,6-7,9-10,16,18,26H,4-5,8,11-15,17H2,1H3,(H,30,32). The molecule has 2 fully saturated rings. The number of nitrogens with zero attached hydrogens (tertiary/aromatic N) is 2. The Bertz CT molecular complexity index is 1250. The summed E-state index contributed by atoms with van der Waals surface area (Å²) in [5, 5.41) is 1.18. The van der Waals surface area contributed by atoms with E-state index in [2.05, 4.69) is 53.8 Å². The van der Waals surface area contributed by atoms with E-state index in [1.807, 2.05) is 12.3 Å². The molecule has 6 rings (SSSR count). The third kappa shape index (κ3) is 4.34. The zero-order valence-corrected chi connectivity index (χ0v) is 20.1. The van der Waals surface area contributed by atoms with Gasteiger partial charge in [0.15, 0.2) is 6.29 Å². The summed E-state index contributed by atoms with van der Waals surface area (Å²) >= 11 is 0. The fraction of sp³-hybridized carbons (Fsp3) is 0.429. The maximum Gasteiger partial charge on any atom is 0.341 e. The summed E-state index contributed by atoms with van der Waals surface area (Å²) in [6, 6.07) is 14.5. The number of nitrogens with one attached hydrogen (secondary N) is 1. The van der Waals surface area contributed by atoms with Crippen LogP contribution in [0.3, 0.4) is 0 Å². The quantitative estimate of drug-likeness (QED) is 0.533. The van der Waals surface area contributed by atoms with Crippen LogP contribution in [0.4, 0.5) is 4.79 Å². The highest BCUT2D eigenvalue weighted by atomic mass is 16.8. The van der Waals surface area contributed by atoms with Crippen LogP contribution in [0, 0.1) is 6.92 Å². The number of hydroxylamine groups is 1. The van der Waals surface area contributed by atoms with Crippen molar-refractivity contribution in [1.29, 1.82) is 0 Å². The Morgan fingerprint density at radius 3 is 2.86 bits per heavy atom. The molecule has 0 radical (unpaired) electrons. The highest BCUT2D eigenvalue weighted by Crippen LogP contribution is 2.43. The number of fused-ring (bicyclic) bond motifs is 2. The van der Waals surface area contributed by atoms with Gasteiger partial charge in [0.05, 0.1) is 5.52 Å². The molecule has 3 aromatic rings. The highest BCUT2D eigenvalue weighted by Gasteiger charge is 2.43. The lowest BCUT2D eigenvalue weighted by Crippen LogP contribution is -2.52. The van der Waals surface area contributed by atoms with E-state index in [9.17, 15) is 4.79 Å². The Hall–Kier alpha value is -3.16. The molecule has 1 atom stereocenters. The first kappa shape index (κ1) is 22.3. The van der Waals surface area contributed by atoms with Gasteiger partial charge in [0, 0.05) is 62.5 Å². The Labute approximate surface area is 205 Å². The van der Waals surface area contributed by atoms with Gasteiger partial charge < -0.3 is 14.4 Å². The number of ether oxygens (including phenoxy) is 2. The van der Waals surface area contributed by atoms with Crippen molar-refractivity contribution in [2.45, 2.75) is 57.3 Å². The van der Waals surface area contributed by atoms with Crippen molar-refractivity contribution < 1.29 is 19.1 Å². The van der Waals surface area contributed by atoms with Crippen LogP contribution in [0.15, 0.2) is 48.7 Å². The van der Waals surface area contributed by atoms with E-state index < -0.39 is 0 Å². The van der Waals surface area contributed by atoms with Gasteiger partial charge >= 0.3 is 6.03 Å². The lowest BCUT2D eigenvalue weighted by atomic mass is 9.86. The number of piperidine rings is 1. The largest absolute Gasteiger partial charge is 0.487 e. The predicted octanol–water partition coefficient (Wildman–Crippen LogP) is 5.15. The number of rotatable bonds is 3. The van der Waals surface area contributed by atoms with Crippen LogP contribution in [-0.4, -0.2) is 47.5 Å². The number of benzene rings is 2. The van der Waals surface area contributed by atoms with Gasteiger partial charge in [-0.15, -0.1) is 0 Å². The molecule has 7 nitrogen and oxygen atoms in total. The molecule has 3 aliphatic heterocycles. The first-order chi connectivity index (χ1) is 17.1. The lowest BCUT2D eigenvalue weighted by Gasteiger charge is -2.38. The second-order valence-corrected chi connectivity index (χ2v) is 9.91. The number of likely N-dealkylation sites (tertiary alicyclic amines) is 1. The Balaban J connectivity index is 1.11. The number of urea groups is 1. The molecule has 3 aliphatic rings. The van der Waals surface area contributed by atoms with E-state index in [0.717, 1.165) is 55.4 Å². The Kier molecular flexibility index (Phi) is 5.82. The molecule has 35 heavy (non-hydrogen) atoms. The number of carbonyl (C=O) groups is 1. The van der Waals surface area contributed by atoms with Gasteiger partial charge in [-0.1, -0.05) is 24.3 Å². The van der Waals surface area contributed by atoms with Crippen molar-refractivity contribution in [3.05, 3.63) is 59.8 Å². The second kappa shape index (κ2) is 9.13. The number of aryl methyl sites for hydroxylation is 1. The maximum atomic E-state index is 12.6. The van der Waals surface area contributed by atoms with Gasteiger partial charge in [0.2, 0.25) is 0 Å². The van der Waals surface area contributed by atoms with Crippen LogP contribution < -0.4 is 10.2 Å². The molecule has 2 saturated heterocycles. The fourth-order valence-electron chi connectivity index (χ4n) is 5.55. The van der Waals surface area contributed by atoms with Crippen molar-refractivity contribution in [3.8, 4) is 16.9 Å². The zero-order chi connectivity index (χ0) is 23.8. The highest BCUT2D eigenvalue weighted by molar-refractivity contribution is 5.88. The van der Waals surface area contributed by atoms with Gasteiger partial charge in [-0.3, -0.25) is 4.98 Å². The number of aromatic nitrogens is 1. The molecule has 2 aromatic carbocycles. The summed E-state index contributed by atoms with van der Waals surface area (Å²) in [6.07, 6.45) is 7.00. The van der Waals surface area contributed by atoms with Crippen molar-refractivity contribution in [2.75, 3.05) is 19.7 Å². The van der Waals surface area contributed by atoms with Crippen LogP contribution in [0.1, 0.15) is 43.2 Å². The molecular weight excluding hydrogens is 442 g/mol. The summed E-state index contributed by atoms with van der Waals surface area (Å²) in [4.78, 5) is 24.5. The monoisotopic (exact) mass is 473 g/mol. The molecule has 7 heteroatoms. The minimum absolute atomic E-state index is 0.203. The summed E-state index contributed by atoms with van der Waals surface area (Å²) in [7, 11) is 0. The molecule has 1 spiro atoms. The van der Waals surface area contributed by atoms with Crippen molar-refractivity contribution in [1.82, 2.24) is 15.4 Å². The average Bonchev–Trinajstić information content (AvgIpc) is 3.25. The molecule has 0 aliphatic carbocycles. The zero-order valence-electron chi connectivity index (χ0n) is 20.1. The molecule has 4 heterocycles. The average molecular weight is 474 g/mol. The van der Waals surface area contributed by atoms with Gasteiger partial charge in [-0.25, -0.2) is 15.1 Å². The van der Waals surface area contributed by atoms with E-state index in [-0.39, 0.29) is 17.9 Å². The normalized spacial score (nSPS) is 21.1. The third-order valence-corrected chi connectivity index (χ3v) is 7.63. The van der Waals surface area contributed by atoms with Crippen LogP contribution in [0.2, 0.25) is 0 Å². The minimum atomic E-state index is -0.341. The predicted molar refractivity (Wildman–Crippen MR) is 133 cm³/mol. The van der Waals surface area contributed by atoms with Crippen LogP contribution in [0.25, 0.3) is 22.0 Å². The number of carbonyl (C=O) groups excluding carboxylic acids is 1. The van der Waals surface area contributed by atoms with E-state index >= 15 is 0 Å². The van der Waals surface area contributed by atoms with E-state index in [0.29, 0.717) is 19.7 Å². The molecule has 0 bridgehead atoms. The van der Waals surface area contributed by atoms with Gasteiger partial charge in [-0.05, 0) is 54.7 Å². The number of para-hydroxylation sites is 1. The van der Waals surface area contributed by atoms with Crippen molar-refractivity contribution in [3.63, 3.8) is 0 Å². The number of hydrogen-bond donors (Lipinski definition) is 1. The number of pyridine rings is 1. The first-order valence-electron chi connectivity index (χ1n) is 12.6. The van der Waals surface area contributed by atoms with Crippen molar-refractivity contribution in [2.24, 2.45) is 0 Å². The third-order valence-electron chi connectivity index (χ3n) is 7.63. The molecule has 1 aromatic heterocycles. The van der Waals surface area contributed by atoms with Crippen molar-refractivity contribution >= 4 is 16.9 Å². The first-order valence-corrected chi connectivity index (χ1v) is 12.6. The number of hydrogen-bond acceptors (Lipinski definition) is 5. The van der Waals surface area contributed by atoms with Gasteiger partial charge in [0.25, 0.3) is 0 Å². The Morgan fingerprint density at radius 2 is 2.03 bits per heavy atom. The van der Waals surface area contributed by atoms with Gasteiger partial charge in [0.1, 0.15) is 11.4 Å². The SMILES string of the molecule is Cc1c(-c2ccc3c(c2)CC2(CCN(C(=O)NOC4CCCCO4)CC2)O3)cnc2ccccc12. The second-order valence-electron chi connectivity index (χ2n) is 9.91. The summed E-state index contributed by atoms with van der Waals surface area (Å²) in [5.74, 6) is 0.954.